The zero-order valence-corrected chi connectivity index (χ0v) is 19.0. The molecule has 1 aliphatic heterocycles. The van der Waals surface area contributed by atoms with Crippen LogP contribution >= 0.6 is 24.8 Å². The predicted octanol–water partition coefficient (Wildman–Crippen LogP) is 3.64. The Morgan fingerprint density at radius 3 is 2.61 bits per heavy atom. The predicted molar refractivity (Wildman–Crippen MR) is 123 cm³/mol. The van der Waals surface area contributed by atoms with Gasteiger partial charge < -0.3 is 14.7 Å². The lowest BCUT2D eigenvalue weighted by molar-refractivity contribution is -0.134. The Bertz CT molecular complexity index is 950. The van der Waals surface area contributed by atoms with Crippen molar-refractivity contribution in [2.75, 3.05) is 19.6 Å². The third-order valence-electron chi connectivity index (χ3n) is 5.30. The Morgan fingerprint density at radius 2 is 1.90 bits per heavy atom. The molecule has 1 atom stereocenters. The molecule has 7 nitrogen and oxygen atoms in total. The minimum atomic E-state index is 0. The molecule has 1 fully saturated rings. The van der Waals surface area contributed by atoms with Crippen molar-refractivity contribution in [3.8, 4) is 11.4 Å². The first-order valence-corrected chi connectivity index (χ1v) is 10.1. The fourth-order valence-corrected chi connectivity index (χ4v) is 3.61. The van der Waals surface area contributed by atoms with Crippen molar-refractivity contribution in [2.24, 2.45) is 0 Å². The van der Waals surface area contributed by atoms with Crippen LogP contribution in [0.15, 0.2) is 53.3 Å². The van der Waals surface area contributed by atoms with Crippen LogP contribution in [0.25, 0.3) is 11.4 Å². The van der Waals surface area contributed by atoms with Gasteiger partial charge in [0.05, 0.1) is 6.04 Å². The van der Waals surface area contributed by atoms with E-state index >= 15 is 0 Å². The fraction of sp³-hybridized carbons (Fsp3) is 0.364. The van der Waals surface area contributed by atoms with Gasteiger partial charge in [0.15, 0.2) is 0 Å². The Balaban J connectivity index is 0.00000171. The van der Waals surface area contributed by atoms with E-state index in [2.05, 4.69) is 51.6 Å². The molecule has 0 aliphatic carbocycles. The highest BCUT2D eigenvalue weighted by atomic mass is 35.5. The first-order valence-electron chi connectivity index (χ1n) is 10.1. The second-order valence-electron chi connectivity index (χ2n) is 7.15. The minimum Gasteiger partial charge on any atom is -0.339 e. The van der Waals surface area contributed by atoms with E-state index in [1.54, 1.807) is 12.4 Å². The van der Waals surface area contributed by atoms with E-state index in [4.69, 9.17) is 4.52 Å². The summed E-state index contributed by atoms with van der Waals surface area (Å²) < 4.78 is 5.33. The number of nitrogens with zero attached hydrogens (tertiary/aromatic N) is 4. The van der Waals surface area contributed by atoms with Crippen LogP contribution < -0.4 is 5.32 Å². The van der Waals surface area contributed by atoms with Crippen molar-refractivity contribution in [3.05, 3.63) is 65.8 Å². The summed E-state index contributed by atoms with van der Waals surface area (Å²) in [5.41, 5.74) is 3.32. The third kappa shape index (κ3) is 6.03. The molecule has 0 radical (unpaired) electrons. The molecular formula is C22H27Cl2N5O2. The van der Waals surface area contributed by atoms with Gasteiger partial charge in [0, 0.05) is 50.4 Å². The summed E-state index contributed by atoms with van der Waals surface area (Å²) in [6.45, 7) is 4.42. The molecule has 3 heterocycles. The Kier molecular flexibility index (Phi) is 9.43. The molecule has 1 N–H and O–H groups in total. The van der Waals surface area contributed by atoms with Crippen LogP contribution in [0.2, 0.25) is 0 Å². The normalized spacial score (nSPS) is 15.6. The number of amides is 1. The number of aryl methyl sites for hydroxylation is 2. The number of nitrogens with one attached hydrogen (secondary N) is 1. The molecular weight excluding hydrogens is 437 g/mol. The van der Waals surface area contributed by atoms with Gasteiger partial charge in [0.25, 0.3) is 0 Å². The zero-order chi connectivity index (χ0) is 20.1. The minimum absolute atomic E-state index is 0. The summed E-state index contributed by atoms with van der Waals surface area (Å²) in [5, 5.41) is 7.41. The number of carbonyl (C=O) groups excluding carboxylic acids is 1. The fourth-order valence-electron chi connectivity index (χ4n) is 3.61. The van der Waals surface area contributed by atoms with Gasteiger partial charge in [-0.3, -0.25) is 9.78 Å². The first kappa shape index (κ1) is 24.8. The van der Waals surface area contributed by atoms with E-state index in [9.17, 15) is 4.79 Å². The van der Waals surface area contributed by atoms with Crippen molar-refractivity contribution >= 4 is 30.7 Å². The molecule has 0 saturated carbocycles. The number of hydrogen-bond donors (Lipinski definition) is 1. The number of piperazine rings is 1. The SMILES string of the molecule is CCc1ccc(C2CNCCN2C(=O)CCc2nc(-c3ccncc3)no2)cc1.Cl.Cl. The van der Waals surface area contributed by atoms with E-state index in [0.717, 1.165) is 25.1 Å². The van der Waals surface area contributed by atoms with Gasteiger partial charge in [-0.2, -0.15) is 4.98 Å². The first-order chi connectivity index (χ1) is 14.2. The number of aromatic nitrogens is 3. The summed E-state index contributed by atoms with van der Waals surface area (Å²) in [6.07, 6.45) is 5.17. The maximum absolute atomic E-state index is 13.0. The highest BCUT2D eigenvalue weighted by molar-refractivity contribution is 5.85. The maximum atomic E-state index is 13.0. The van der Waals surface area contributed by atoms with Crippen molar-refractivity contribution in [3.63, 3.8) is 0 Å². The van der Waals surface area contributed by atoms with E-state index < -0.39 is 0 Å². The van der Waals surface area contributed by atoms with Gasteiger partial charge in [-0.1, -0.05) is 36.3 Å². The molecule has 31 heavy (non-hydrogen) atoms. The molecule has 1 unspecified atom stereocenters. The Morgan fingerprint density at radius 1 is 1.16 bits per heavy atom. The van der Waals surface area contributed by atoms with Gasteiger partial charge in [-0.15, -0.1) is 24.8 Å². The second-order valence-corrected chi connectivity index (χ2v) is 7.15. The van der Waals surface area contributed by atoms with Crippen molar-refractivity contribution in [1.82, 2.24) is 25.3 Å². The smallest absolute Gasteiger partial charge is 0.227 e. The molecule has 1 amide bonds. The average Bonchev–Trinajstić information content (AvgIpc) is 3.27. The maximum Gasteiger partial charge on any atom is 0.227 e. The number of halogens is 2. The topological polar surface area (TPSA) is 84.2 Å². The molecule has 4 rings (SSSR count). The Hall–Kier alpha value is -2.48. The molecule has 166 valence electrons. The van der Waals surface area contributed by atoms with E-state index in [-0.39, 0.29) is 36.8 Å². The summed E-state index contributed by atoms with van der Waals surface area (Å²) >= 11 is 0. The lowest BCUT2D eigenvalue weighted by Crippen LogP contribution is -2.48. The molecule has 9 heteroatoms. The average molecular weight is 464 g/mol. The van der Waals surface area contributed by atoms with Crippen LogP contribution in [-0.2, 0) is 17.6 Å². The number of carbonyl (C=O) groups is 1. The molecule has 2 aromatic heterocycles. The van der Waals surface area contributed by atoms with Gasteiger partial charge in [0.2, 0.25) is 17.6 Å². The van der Waals surface area contributed by atoms with Crippen LogP contribution in [0.1, 0.15) is 36.4 Å². The van der Waals surface area contributed by atoms with Crippen molar-refractivity contribution in [1.29, 1.82) is 0 Å². The molecule has 1 saturated heterocycles. The molecule has 3 aromatic rings. The van der Waals surface area contributed by atoms with Gasteiger partial charge in [0.1, 0.15) is 0 Å². The highest BCUT2D eigenvalue weighted by Crippen LogP contribution is 2.24. The third-order valence-corrected chi connectivity index (χ3v) is 5.30. The number of pyridine rings is 1. The Labute approximate surface area is 194 Å². The quantitative estimate of drug-likeness (QED) is 0.600. The summed E-state index contributed by atoms with van der Waals surface area (Å²) in [4.78, 5) is 23.3. The van der Waals surface area contributed by atoms with Crippen molar-refractivity contribution in [2.45, 2.75) is 32.2 Å². The van der Waals surface area contributed by atoms with E-state index in [1.165, 1.54) is 11.1 Å². The van der Waals surface area contributed by atoms with Gasteiger partial charge >= 0.3 is 0 Å². The monoisotopic (exact) mass is 463 g/mol. The van der Waals surface area contributed by atoms with Gasteiger partial charge in [-0.05, 0) is 29.7 Å². The van der Waals surface area contributed by atoms with Crippen LogP contribution in [-0.4, -0.2) is 45.6 Å². The standard InChI is InChI=1S/C22H25N5O2.2ClH/c1-2-16-3-5-17(6-4-16)19-15-24-13-14-27(19)21(28)8-7-20-25-22(26-29-20)18-9-11-23-12-10-18;;/h3-6,9-12,19,24H,2,7-8,13-15H2,1H3;2*1H. The molecule has 0 spiro atoms. The summed E-state index contributed by atoms with van der Waals surface area (Å²) in [7, 11) is 0. The highest BCUT2D eigenvalue weighted by Gasteiger charge is 2.27. The van der Waals surface area contributed by atoms with Crippen LogP contribution in [0.5, 0.6) is 0 Å². The van der Waals surface area contributed by atoms with E-state index in [1.807, 2.05) is 17.0 Å². The lowest BCUT2D eigenvalue weighted by Gasteiger charge is -2.36. The number of rotatable bonds is 6. The zero-order valence-electron chi connectivity index (χ0n) is 17.4. The molecule has 1 aromatic carbocycles. The largest absolute Gasteiger partial charge is 0.339 e. The summed E-state index contributed by atoms with van der Waals surface area (Å²) in [5.74, 6) is 1.11. The molecule has 1 aliphatic rings. The van der Waals surface area contributed by atoms with Crippen LogP contribution in [0, 0.1) is 0 Å². The summed E-state index contributed by atoms with van der Waals surface area (Å²) in [6, 6.07) is 12.3. The second kappa shape index (κ2) is 11.8. The van der Waals surface area contributed by atoms with Crippen LogP contribution in [0.4, 0.5) is 0 Å². The van der Waals surface area contributed by atoms with E-state index in [0.29, 0.717) is 31.1 Å². The van der Waals surface area contributed by atoms with Gasteiger partial charge in [-0.25, -0.2) is 0 Å². The van der Waals surface area contributed by atoms with Crippen LogP contribution in [0.3, 0.4) is 0 Å². The van der Waals surface area contributed by atoms with Crippen molar-refractivity contribution < 1.29 is 9.32 Å². The number of benzene rings is 1. The number of hydrogen-bond acceptors (Lipinski definition) is 6. The molecule has 0 bridgehead atoms. The lowest BCUT2D eigenvalue weighted by atomic mass is 10.0.